The highest BCUT2D eigenvalue weighted by molar-refractivity contribution is 5.03. The first kappa shape index (κ1) is 8.28. The van der Waals surface area contributed by atoms with Crippen LogP contribution in [0.3, 0.4) is 0 Å². The van der Waals surface area contributed by atoms with Crippen LogP contribution in [0.4, 0.5) is 0 Å². The highest BCUT2D eigenvalue weighted by Crippen LogP contribution is 2.56. The Hall–Kier alpha value is -0.0400. The largest absolute Gasteiger partial charge is 0.309 e. The Balaban J connectivity index is 1.51. The van der Waals surface area contributed by atoms with E-state index in [1.54, 1.807) is 0 Å². The summed E-state index contributed by atoms with van der Waals surface area (Å²) in [5.41, 5.74) is 1.42. The molecule has 3 aliphatic carbocycles. The van der Waals surface area contributed by atoms with Gasteiger partial charge in [0.25, 0.3) is 0 Å². The van der Waals surface area contributed by atoms with Crippen LogP contribution in [0.2, 0.25) is 0 Å². The Morgan fingerprint density at radius 3 is 2.00 bits per heavy atom. The lowest BCUT2D eigenvalue weighted by atomic mass is 9.83. The topological polar surface area (TPSA) is 12.0 Å². The molecule has 74 valence electrons. The van der Waals surface area contributed by atoms with Crippen LogP contribution in [0, 0.1) is 5.41 Å². The van der Waals surface area contributed by atoms with Crippen LogP contribution < -0.4 is 5.32 Å². The summed E-state index contributed by atoms with van der Waals surface area (Å²) in [4.78, 5) is 0. The van der Waals surface area contributed by atoms with Gasteiger partial charge in [0, 0.05) is 11.6 Å². The predicted octanol–water partition coefficient (Wildman–Crippen LogP) is 2.85. The minimum absolute atomic E-state index is 0.554. The zero-order valence-corrected chi connectivity index (χ0v) is 8.73. The molecule has 3 rings (SSSR count). The zero-order chi connectivity index (χ0) is 8.94. The second-order valence-corrected chi connectivity index (χ2v) is 5.98. The lowest BCUT2D eigenvalue weighted by molar-refractivity contribution is 0.257. The molecule has 0 aromatic carbocycles. The summed E-state index contributed by atoms with van der Waals surface area (Å²) in [7, 11) is 0. The molecule has 1 N–H and O–H groups in total. The third-order valence-electron chi connectivity index (χ3n) is 4.56. The molecule has 0 radical (unpaired) electrons. The summed E-state index contributed by atoms with van der Waals surface area (Å²) in [5, 5.41) is 3.83. The fourth-order valence-electron chi connectivity index (χ4n) is 2.88. The maximum atomic E-state index is 3.83. The minimum Gasteiger partial charge on any atom is -0.309 e. The summed E-state index contributed by atoms with van der Waals surface area (Å²) >= 11 is 0. The summed E-state index contributed by atoms with van der Waals surface area (Å²) in [6.07, 6.45) is 11.8. The van der Waals surface area contributed by atoms with E-state index in [4.69, 9.17) is 0 Å². The van der Waals surface area contributed by atoms with E-state index in [-0.39, 0.29) is 0 Å². The second kappa shape index (κ2) is 2.50. The van der Waals surface area contributed by atoms with Gasteiger partial charge in [-0.25, -0.2) is 0 Å². The molecule has 0 bridgehead atoms. The Labute approximate surface area is 81.3 Å². The van der Waals surface area contributed by atoms with E-state index in [0.717, 1.165) is 11.5 Å². The van der Waals surface area contributed by atoms with Gasteiger partial charge in [-0.05, 0) is 63.7 Å². The molecule has 1 spiro atoms. The van der Waals surface area contributed by atoms with Crippen molar-refractivity contribution >= 4 is 0 Å². The average molecular weight is 179 g/mol. The molecule has 0 unspecified atom stereocenters. The van der Waals surface area contributed by atoms with Crippen LogP contribution in [0.15, 0.2) is 0 Å². The van der Waals surface area contributed by atoms with E-state index in [0.29, 0.717) is 5.54 Å². The van der Waals surface area contributed by atoms with Crippen molar-refractivity contribution in [3.8, 4) is 0 Å². The van der Waals surface area contributed by atoms with Gasteiger partial charge in [0.1, 0.15) is 0 Å². The second-order valence-electron chi connectivity index (χ2n) is 5.98. The molecule has 3 saturated carbocycles. The lowest BCUT2D eigenvalue weighted by Gasteiger charge is -2.31. The molecule has 0 aliphatic heterocycles. The van der Waals surface area contributed by atoms with Crippen LogP contribution in [0.25, 0.3) is 0 Å². The molecular formula is C12H21N. The molecule has 0 aromatic heterocycles. The molecular weight excluding hydrogens is 158 g/mol. The minimum atomic E-state index is 0.554. The van der Waals surface area contributed by atoms with Crippen molar-refractivity contribution in [3.63, 3.8) is 0 Å². The first-order valence-corrected chi connectivity index (χ1v) is 5.98. The van der Waals surface area contributed by atoms with Gasteiger partial charge in [-0.1, -0.05) is 0 Å². The van der Waals surface area contributed by atoms with Crippen molar-refractivity contribution < 1.29 is 0 Å². The molecule has 3 fully saturated rings. The van der Waals surface area contributed by atoms with E-state index < -0.39 is 0 Å². The fourth-order valence-corrected chi connectivity index (χ4v) is 2.88. The van der Waals surface area contributed by atoms with Crippen molar-refractivity contribution in [2.75, 3.05) is 0 Å². The predicted molar refractivity (Wildman–Crippen MR) is 54.7 cm³/mol. The molecule has 0 saturated heterocycles. The Morgan fingerprint density at radius 1 is 0.923 bits per heavy atom. The van der Waals surface area contributed by atoms with E-state index in [2.05, 4.69) is 12.2 Å². The first-order chi connectivity index (χ1) is 6.20. The zero-order valence-electron chi connectivity index (χ0n) is 8.73. The normalized spacial score (nSPS) is 34.8. The monoisotopic (exact) mass is 179 g/mol. The Kier molecular flexibility index (Phi) is 1.59. The number of nitrogens with one attached hydrogen (secondary N) is 1. The van der Waals surface area contributed by atoms with Crippen LogP contribution in [-0.2, 0) is 0 Å². The van der Waals surface area contributed by atoms with Gasteiger partial charge >= 0.3 is 0 Å². The number of rotatable bonds is 2. The maximum Gasteiger partial charge on any atom is 0.0157 e. The van der Waals surface area contributed by atoms with Crippen LogP contribution in [0.1, 0.15) is 58.3 Å². The summed E-state index contributed by atoms with van der Waals surface area (Å²) < 4.78 is 0. The van der Waals surface area contributed by atoms with Crippen molar-refractivity contribution in [2.45, 2.75) is 69.9 Å². The molecule has 13 heavy (non-hydrogen) atoms. The molecule has 0 heterocycles. The molecule has 1 heteroatoms. The molecule has 0 atom stereocenters. The molecule has 0 aromatic rings. The van der Waals surface area contributed by atoms with Gasteiger partial charge in [-0.2, -0.15) is 0 Å². The van der Waals surface area contributed by atoms with E-state index in [1.165, 1.54) is 51.4 Å². The first-order valence-electron chi connectivity index (χ1n) is 5.98. The van der Waals surface area contributed by atoms with Crippen molar-refractivity contribution in [1.29, 1.82) is 0 Å². The Bertz CT molecular complexity index is 203. The van der Waals surface area contributed by atoms with Crippen molar-refractivity contribution in [1.82, 2.24) is 5.32 Å². The number of hydrogen-bond donors (Lipinski definition) is 1. The maximum absolute atomic E-state index is 3.83. The smallest absolute Gasteiger partial charge is 0.0157 e. The van der Waals surface area contributed by atoms with Crippen LogP contribution in [0.5, 0.6) is 0 Å². The quantitative estimate of drug-likeness (QED) is 0.687. The SMILES string of the molecule is CC1(NC2CCC3(CC2)CC3)CC1. The average Bonchev–Trinajstić information content (AvgIpc) is 2.99. The lowest BCUT2D eigenvalue weighted by Crippen LogP contribution is -2.40. The van der Waals surface area contributed by atoms with Crippen LogP contribution in [-0.4, -0.2) is 11.6 Å². The standard InChI is InChI=1S/C12H21N/c1-11(6-7-11)13-10-2-4-12(5-3-10)8-9-12/h10,13H,2-9H2,1H3. The van der Waals surface area contributed by atoms with Gasteiger partial charge in [0.2, 0.25) is 0 Å². The van der Waals surface area contributed by atoms with Gasteiger partial charge in [-0.15, -0.1) is 0 Å². The number of hydrogen-bond acceptors (Lipinski definition) is 1. The van der Waals surface area contributed by atoms with Gasteiger partial charge < -0.3 is 5.32 Å². The summed E-state index contributed by atoms with van der Waals surface area (Å²) in [6, 6.07) is 0.860. The molecule has 1 nitrogen and oxygen atoms in total. The molecule has 0 amide bonds. The van der Waals surface area contributed by atoms with Crippen molar-refractivity contribution in [2.24, 2.45) is 5.41 Å². The molecule has 3 aliphatic rings. The van der Waals surface area contributed by atoms with Gasteiger partial charge in [0.05, 0.1) is 0 Å². The fraction of sp³-hybridized carbons (Fsp3) is 1.00. The summed E-state index contributed by atoms with van der Waals surface area (Å²) in [5.74, 6) is 0. The van der Waals surface area contributed by atoms with E-state index in [9.17, 15) is 0 Å². The van der Waals surface area contributed by atoms with Gasteiger partial charge in [0.15, 0.2) is 0 Å². The van der Waals surface area contributed by atoms with E-state index in [1.807, 2.05) is 0 Å². The van der Waals surface area contributed by atoms with Crippen LogP contribution >= 0.6 is 0 Å². The third kappa shape index (κ3) is 1.63. The highest BCUT2D eigenvalue weighted by atomic mass is 15.0. The van der Waals surface area contributed by atoms with Crippen molar-refractivity contribution in [3.05, 3.63) is 0 Å². The highest BCUT2D eigenvalue weighted by Gasteiger charge is 2.46. The van der Waals surface area contributed by atoms with Gasteiger partial charge in [-0.3, -0.25) is 0 Å². The summed E-state index contributed by atoms with van der Waals surface area (Å²) in [6.45, 7) is 2.38. The third-order valence-corrected chi connectivity index (χ3v) is 4.56. The Morgan fingerprint density at radius 2 is 1.54 bits per heavy atom. The van der Waals surface area contributed by atoms with E-state index >= 15 is 0 Å².